The van der Waals surface area contributed by atoms with Crippen LogP contribution in [0.1, 0.15) is 17.3 Å². The largest absolute Gasteiger partial charge is 0.492 e. The van der Waals surface area contributed by atoms with Crippen molar-refractivity contribution >= 4 is 17.0 Å². The van der Waals surface area contributed by atoms with Crippen molar-refractivity contribution in [2.75, 3.05) is 6.61 Å². The number of benzene rings is 2. The average molecular weight is 282 g/mol. The number of carboxylic acid groups (broad SMARTS) is 1. The second-order valence-corrected chi connectivity index (χ2v) is 4.49. The van der Waals surface area contributed by atoms with Crippen LogP contribution in [-0.4, -0.2) is 27.2 Å². The zero-order chi connectivity index (χ0) is 14.8. The number of aromatic carboxylic acids is 1. The fourth-order valence-electron chi connectivity index (χ4n) is 2.36. The lowest BCUT2D eigenvalue weighted by atomic mass is 10.1. The summed E-state index contributed by atoms with van der Waals surface area (Å²) >= 11 is 0. The Balaban J connectivity index is 2.29. The number of hydrogen-bond acceptors (Lipinski definition) is 3. The van der Waals surface area contributed by atoms with Gasteiger partial charge in [0.1, 0.15) is 12.1 Å². The van der Waals surface area contributed by atoms with Crippen molar-refractivity contribution < 1.29 is 14.6 Å². The van der Waals surface area contributed by atoms with E-state index in [1.165, 1.54) is 0 Å². The summed E-state index contributed by atoms with van der Waals surface area (Å²) in [6.07, 6.45) is 1.62. The highest BCUT2D eigenvalue weighted by Crippen LogP contribution is 2.28. The van der Waals surface area contributed by atoms with E-state index in [1.807, 2.05) is 31.2 Å². The minimum Gasteiger partial charge on any atom is -0.492 e. The standard InChI is InChI=1S/C16H14N2O3/c1-2-21-14-9-4-3-8-13(14)18-10-17-12-7-5-6-11(15(12)18)16(19)20/h3-10H,2H2,1H3,(H,19,20). The molecule has 0 aliphatic rings. The van der Waals surface area contributed by atoms with E-state index in [2.05, 4.69) is 4.98 Å². The van der Waals surface area contributed by atoms with Crippen LogP contribution in [0.15, 0.2) is 48.8 Å². The Morgan fingerprint density at radius 3 is 2.81 bits per heavy atom. The molecule has 1 N–H and O–H groups in total. The highest BCUT2D eigenvalue weighted by atomic mass is 16.5. The van der Waals surface area contributed by atoms with Crippen molar-refractivity contribution in [3.8, 4) is 11.4 Å². The highest BCUT2D eigenvalue weighted by molar-refractivity contribution is 6.01. The maximum absolute atomic E-state index is 11.4. The van der Waals surface area contributed by atoms with Gasteiger partial charge in [-0.25, -0.2) is 9.78 Å². The van der Waals surface area contributed by atoms with Gasteiger partial charge in [-0.3, -0.25) is 4.57 Å². The zero-order valence-electron chi connectivity index (χ0n) is 11.5. The van der Waals surface area contributed by atoms with Crippen LogP contribution in [0.4, 0.5) is 0 Å². The van der Waals surface area contributed by atoms with Crippen LogP contribution in [0.25, 0.3) is 16.7 Å². The number of imidazole rings is 1. The van der Waals surface area contributed by atoms with Crippen LogP contribution >= 0.6 is 0 Å². The molecule has 1 aromatic heterocycles. The first-order valence-corrected chi connectivity index (χ1v) is 6.64. The summed E-state index contributed by atoms with van der Waals surface area (Å²) in [5.41, 5.74) is 2.20. The van der Waals surface area contributed by atoms with Crippen LogP contribution in [0, 0.1) is 0 Å². The van der Waals surface area contributed by atoms with Gasteiger partial charge >= 0.3 is 5.97 Å². The molecule has 5 nitrogen and oxygen atoms in total. The van der Waals surface area contributed by atoms with E-state index in [1.54, 1.807) is 29.1 Å². The summed E-state index contributed by atoms with van der Waals surface area (Å²) in [5, 5.41) is 9.37. The van der Waals surface area contributed by atoms with Gasteiger partial charge in [0.2, 0.25) is 0 Å². The van der Waals surface area contributed by atoms with Gasteiger partial charge in [0.15, 0.2) is 0 Å². The van der Waals surface area contributed by atoms with Crippen molar-refractivity contribution in [3.05, 3.63) is 54.4 Å². The number of carboxylic acids is 1. The van der Waals surface area contributed by atoms with Crippen molar-refractivity contribution in [1.82, 2.24) is 9.55 Å². The van der Waals surface area contributed by atoms with Crippen molar-refractivity contribution in [1.29, 1.82) is 0 Å². The summed E-state index contributed by atoms with van der Waals surface area (Å²) in [6, 6.07) is 12.6. The first-order chi connectivity index (χ1) is 10.2. The Morgan fingerprint density at radius 1 is 1.24 bits per heavy atom. The molecular weight excluding hydrogens is 268 g/mol. The molecule has 1 heterocycles. The molecular formula is C16H14N2O3. The maximum Gasteiger partial charge on any atom is 0.337 e. The Kier molecular flexibility index (Phi) is 3.31. The van der Waals surface area contributed by atoms with Crippen molar-refractivity contribution in [3.63, 3.8) is 0 Å². The minimum absolute atomic E-state index is 0.219. The number of nitrogens with zero attached hydrogens (tertiary/aromatic N) is 2. The molecule has 21 heavy (non-hydrogen) atoms. The number of hydrogen-bond donors (Lipinski definition) is 1. The number of para-hydroxylation sites is 3. The number of fused-ring (bicyclic) bond motifs is 1. The molecule has 3 aromatic rings. The van der Waals surface area contributed by atoms with Gasteiger partial charge in [-0.1, -0.05) is 18.2 Å². The second-order valence-electron chi connectivity index (χ2n) is 4.49. The van der Waals surface area contributed by atoms with E-state index in [4.69, 9.17) is 4.74 Å². The van der Waals surface area contributed by atoms with Gasteiger partial charge in [0.25, 0.3) is 0 Å². The second kappa shape index (κ2) is 5.28. The molecule has 106 valence electrons. The minimum atomic E-state index is -0.976. The fraction of sp³-hybridized carbons (Fsp3) is 0.125. The van der Waals surface area contributed by atoms with E-state index in [0.717, 1.165) is 5.69 Å². The Bertz CT molecular complexity index is 808. The molecule has 0 amide bonds. The number of rotatable bonds is 4. The topological polar surface area (TPSA) is 64.4 Å². The van der Waals surface area contributed by atoms with E-state index in [-0.39, 0.29) is 5.56 Å². The van der Waals surface area contributed by atoms with Crippen molar-refractivity contribution in [2.45, 2.75) is 6.92 Å². The van der Waals surface area contributed by atoms with Gasteiger partial charge in [-0.15, -0.1) is 0 Å². The molecule has 5 heteroatoms. The predicted octanol–water partition coefficient (Wildman–Crippen LogP) is 3.12. The fourth-order valence-corrected chi connectivity index (χ4v) is 2.36. The average Bonchev–Trinajstić information content (AvgIpc) is 2.92. The third kappa shape index (κ3) is 2.23. The molecule has 0 aliphatic carbocycles. The monoisotopic (exact) mass is 282 g/mol. The summed E-state index contributed by atoms with van der Waals surface area (Å²) in [4.78, 5) is 15.7. The summed E-state index contributed by atoms with van der Waals surface area (Å²) in [6.45, 7) is 2.45. The normalized spacial score (nSPS) is 10.7. The van der Waals surface area contributed by atoms with Crippen LogP contribution in [0.3, 0.4) is 0 Å². The van der Waals surface area contributed by atoms with E-state index in [9.17, 15) is 9.90 Å². The van der Waals surface area contributed by atoms with Crippen LogP contribution in [0.2, 0.25) is 0 Å². The lowest BCUT2D eigenvalue weighted by Crippen LogP contribution is -2.03. The molecule has 0 radical (unpaired) electrons. The highest BCUT2D eigenvalue weighted by Gasteiger charge is 2.16. The number of ether oxygens (including phenoxy) is 1. The third-order valence-corrected chi connectivity index (χ3v) is 3.22. The first-order valence-electron chi connectivity index (χ1n) is 6.64. The molecule has 0 spiro atoms. The van der Waals surface area contributed by atoms with E-state index >= 15 is 0 Å². The Labute approximate surface area is 121 Å². The van der Waals surface area contributed by atoms with Gasteiger partial charge in [0, 0.05) is 0 Å². The SMILES string of the molecule is CCOc1ccccc1-n1cnc2cccc(C(=O)O)c21. The molecule has 0 saturated heterocycles. The van der Waals surface area contributed by atoms with E-state index < -0.39 is 5.97 Å². The zero-order valence-corrected chi connectivity index (χ0v) is 11.5. The molecule has 0 saturated carbocycles. The van der Waals surface area contributed by atoms with E-state index in [0.29, 0.717) is 23.4 Å². The first kappa shape index (κ1) is 13.2. The number of carbonyl (C=O) groups is 1. The lowest BCUT2D eigenvalue weighted by Gasteiger charge is -2.12. The smallest absolute Gasteiger partial charge is 0.337 e. The maximum atomic E-state index is 11.4. The molecule has 3 rings (SSSR count). The molecule has 0 unspecified atom stereocenters. The molecule has 0 atom stereocenters. The van der Waals surface area contributed by atoms with Crippen LogP contribution in [0.5, 0.6) is 5.75 Å². The molecule has 0 aliphatic heterocycles. The summed E-state index contributed by atoms with van der Waals surface area (Å²) in [7, 11) is 0. The summed E-state index contributed by atoms with van der Waals surface area (Å²) in [5.74, 6) is -0.282. The molecule has 0 fully saturated rings. The summed E-state index contributed by atoms with van der Waals surface area (Å²) < 4.78 is 7.37. The van der Waals surface area contributed by atoms with Crippen LogP contribution < -0.4 is 4.74 Å². The quantitative estimate of drug-likeness (QED) is 0.798. The van der Waals surface area contributed by atoms with Gasteiger partial charge in [0.05, 0.1) is 28.9 Å². The molecule has 0 bridgehead atoms. The van der Waals surface area contributed by atoms with Gasteiger partial charge < -0.3 is 9.84 Å². The molecule has 2 aromatic carbocycles. The van der Waals surface area contributed by atoms with Gasteiger partial charge in [-0.2, -0.15) is 0 Å². The number of aromatic nitrogens is 2. The Hall–Kier alpha value is -2.82. The van der Waals surface area contributed by atoms with Gasteiger partial charge in [-0.05, 0) is 31.2 Å². The third-order valence-electron chi connectivity index (χ3n) is 3.22. The van der Waals surface area contributed by atoms with Crippen molar-refractivity contribution in [2.24, 2.45) is 0 Å². The van der Waals surface area contributed by atoms with Crippen LogP contribution in [-0.2, 0) is 0 Å². The predicted molar refractivity (Wildman–Crippen MR) is 79.2 cm³/mol. The Morgan fingerprint density at radius 2 is 2.05 bits per heavy atom. The lowest BCUT2D eigenvalue weighted by molar-refractivity contribution is 0.0698.